The van der Waals surface area contributed by atoms with Gasteiger partial charge in [0.05, 0.1) is 17.7 Å². The van der Waals surface area contributed by atoms with Gasteiger partial charge in [-0.2, -0.15) is 0 Å². The number of rotatable bonds is 13. The molecule has 0 radical (unpaired) electrons. The molecule has 0 aliphatic carbocycles. The van der Waals surface area contributed by atoms with Crippen LogP contribution in [0.1, 0.15) is 43.4 Å². The van der Waals surface area contributed by atoms with Crippen LogP contribution in [0.4, 0.5) is 5.69 Å². The Hall–Kier alpha value is -3.85. The molecule has 1 atom stereocenters. The molecular weight excluding hydrogens is 526 g/mol. The summed E-state index contributed by atoms with van der Waals surface area (Å²) in [5, 5.41) is 2.90. The Bertz CT molecular complexity index is 1410. The van der Waals surface area contributed by atoms with Crippen molar-refractivity contribution in [3.63, 3.8) is 0 Å². The number of anilines is 1. The minimum Gasteiger partial charge on any atom is -0.495 e. The van der Waals surface area contributed by atoms with E-state index in [-0.39, 0.29) is 23.0 Å². The number of benzene rings is 3. The van der Waals surface area contributed by atoms with Gasteiger partial charge in [-0.05, 0) is 57.0 Å². The molecule has 0 heterocycles. The molecule has 0 aromatic heterocycles. The lowest BCUT2D eigenvalue weighted by Gasteiger charge is -2.32. The average Bonchev–Trinajstić information content (AvgIpc) is 2.94. The van der Waals surface area contributed by atoms with Gasteiger partial charge in [-0.15, -0.1) is 0 Å². The number of methoxy groups -OCH3 is 1. The van der Waals surface area contributed by atoms with Gasteiger partial charge in [-0.25, -0.2) is 8.42 Å². The smallest absolute Gasteiger partial charge is 0.264 e. The Morgan fingerprint density at radius 3 is 2.30 bits per heavy atom. The lowest BCUT2D eigenvalue weighted by Crippen LogP contribution is -2.51. The second-order valence-electron chi connectivity index (χ2n) is 9.83. The van der Waals surface area contributed by atoms with E-state index in [9.17, 15) is 18.0 Å². The molecule has 3 rings (SSSR count). The quantitative estimate of drug-likeness (QED) is 0.299. The molecule has 0 bridgehead atoms. The van der Waals surface area contributed by atoms with Gasteiger partial charge in [0.15, 0.2) is 0 Å². The molecule has 0 aliphatic rings. The van der Waals surface area contributed by atoms with Crippen molar-refractivity contribution in [3.8, 4) is 5.75 Å². The first-order chi connectivity index (χ1) is 19.1. The Kier molecular flexibility index (Phi) is 10.7. The highest BCUT2D eigenvalue weighted by atomic mass is 32.2. The second-order valence-corrected chi connectivity index (χ2v) is 11.7. The van der Waals surface area contributed by atoms with Crippen LogP contribution in [0.3, 0.4) is 0 Å². The van der Waals surface area contributed by atoms with Crippen LogP contribution >= 0.6 is 0 Å². The Labute approximate surface area is 238 Å². The number of hydrogen-bond donors (Lipinski definition) is 1. The maximum absolute atomic E-state index is 14.0. The summed E-state index contributed by atoms with van der Waals surface area (Å²) in [6.07, 6.45) is 1.74. The van der Waals surface area contributed by atoms with Crippen molar-refractivity contribution in [2.45, 2.75) is 58.0 Å². The van der Waals surface area contributed by atoms with Crippen LogP contribution in [-0.4, -0.2) is 51.4 Å². The summed E-state index contributed by atoms with van der Waals surface area (Å²) in [6, 6.07) is 20.0. The van der Waals surface area contributed by atoms with Gasteiger partial charge in [0.2, 0.25) is 11.8 Å². The van der Waals surface area contributed by atoms with Crippen molar-refractivity contribution in [1.82, 2.24) is 10.2 Å². The first-order valence-corrected chi connectivity index (χ1v) is 14.9. The van der Waals surface area contributed by atoms with E-state index in [2.05, 4.69) is 5.32 Å². The molecule has 0 aliphatic heterocycles. The number of ether oxygens (including phenoxy) is 1. The number of sulfonamides is 1. The van der Waals surface area contributed by atoms with E-state index >= 15 is 0 Å². The molecule has 2 amide bonds. The van der Waals surface area contributed by atoms with E-state index < -0.39 is 28.5 Å². The summed E-state index contributed by atoms with van der Waals surface area (Å²) in [5.41, 5.74) is 3.00. The lowest BCUT2D eigenvalue weighted by molar-refractivity contribution is -0.139. The van der Waals surface area contributed by atoms with Gasteiger partial charge >= 0.3 is 0 Å². The number of carbonyl (C=O) groups excluding carboxylic acids is 2. The van der Waals surface area contributed by atoms with Crippen molar-refractivity contribution in [1.29, 1.82) is 0 Å². The maximum Gasteiger partial charge on any atom is 0.264 e. The summed E-state index contributed by atoms with van der Waals surface area (Å²) < 4.78 is 34.5. The van der Waals surface area contributed by atoms with E-state index in [1.807, 2.05) is 45.0 Å². The van der Waals surface area contributed by atoms with E-state index in [1.165, 1.54) is 24.1 Å². The highest BCUT2D eigenvalue weighted by molar-refractivity contribution is 7.92. The highest BCUT2D eigenvalue weighted by Gasteiger charge is 2.33. The molecular formula is C31H39N3O5S. The number of nitrogens with one attached hydrogen (secondary N) is 1. The fourth-order valence-corrected chi connectivity index (χ4v) is 5.74. The zero-order chi connectivity index (χ0) is 29.3. The van der Waals surface area contributed by atoms with E-state index in [4.69, 9.17) is 4.74 Å². The fraction of sp³-hybridized carbons (Fsp3) is 0.355. The minimum atomic E-state index is -4.17. The SMILES string of the molecule is CCCCNC(=O)C(C)N(Cc1cccc(C)c1)C(=O)CN(c1ccccc1OC)S(=O)(=O)c1ccc(C)cc1. The number of hydrogen-bond acceptors (Lipinski definition) is 5. The number of nitrogens with zero attached hydrogens (tertiary/aromatic N) is 2. The standard InChI is InChI=1S/C31H39N3O5S/c1-6-7-19-32-31(36)25(4)33(21-26-12-10-11-24(3)20-26)30(35)22-34(28-13-8-9-14-29(28)39-5)40(37,38)27-17-15-23(2)16-18-27/h8-18,20,25H,6-7,19,21-22H2,1-5H3,(H,32,36). The van der Waals surface area contributed by atoms with Crippen molar-refractivity contribution in [3.05, 3.63) is 89.5 Å². The predicted molar refractivity (Wildman–Crippen MR) is 158 cm³/mol. The number of amides is 2. The number of carbonyl (C=O) groups is 2. The molecule has 40 heavy (non-hydrogen) atoms. The van der Waals surface area contributed by atoms with Crippen LogP contribution in [0.25, 0.3) is 0 Å². The first-order valence-electron chi connectivity index (χ1n) is 13.4. The normalized spacial score (nSPS) is 11.9. The number of aryl methyl sites for hydroxylation is 2. The van der Waals surface area contributed by atoms with Crippen molar-refractivity contribution < 1.29 is 22.7 Å². The van der Waals surface area contributed by atoms with Gasteiger partial charge in [-0.1, -0.05) is 73.0 Å². The van der Waals surface area contributed by atoms with Crippen LogP contribution in [0.15, 0.2) is 77.7 Å². The fourth-order valence-electron chi connectivity index (χ4n) is 4.31. The van der Waals surface area contributed by atoms with E-state index in [0.29, 0.717) is 12.3 Å². The molecule has 0 saturated heterocycles. The van der Waals surface area contributed by atoms with Crippen LogP contribution in [0.2, 0.25) is 0 Å². The topological polar surface area (TPSA) is 96.0 Å². The third-order valence-electron chi connectivity index (χ3n) is 6.67. The van der Waals surface area contributed by atoms with Crippen LogP contribution in [0, 0.1) is 13.8 Å². The second kappa shape index (κ2) is 14.0. The molecule has 3 aromatic rings. The molecule has 8 nitrogen and oxygen atoms in total. The van der Waals surface area contributed by atoms with Crippen molar-refractivity contribution in [2.24, 2.45) is 0 Å². The van der Waals surface area contributed by atoms with Crippen LogP contribution in [-0.2, 0) is 26.2 Å². The summed E-state index contributed by atoms with van der Waals surface area (Å²) in [6.45, 7) is 7.65. The summed E-state index contributed by atoms with van der Waals surface area (Å²) >= 11 is 0. The largest absolute Gasteiger partial charge is 0.495 e. The zero-order valence-electron chi connectivity index (χ0n) is 23.9. The average molecular weight is 566 g/mol. The number of para-hydroxylation sites is 2. The molecule has 0 saturated carbocycles. The number of unbranched alkanes of at least 4 members (excludes halogenated alkanes) is 1. The van der Waals surface area contributed by atoms with Crippen molar-refractivity contribution >= 4 is 27.5 Å². The van der Waals surface area contributed by atoms with Gasteiger partial charge in [0, 0.05) is 13.1 Å². The zero-order valence-corrected chi connectivity index (χ0v) is 24.7. The van der Waals surface area contributed by atoms with E-state index in [0.717, 1.165) is 33.8 Å². The van der Waals surface area contributed by atoms with Gasteiger partial charge in [0.1, 0.15) is 18.3 Å². The van der Waals surface area contributed by atoms with E-state index in [1.54, 1.807) is 43.3 Å². The third kappa shape index (κ3) is 7.63. The lowest BCUT2D eigenvalue weighted by atomic mass is 10.1. The van der Waals surface area contributed by atoms with Crippen LogP contribution in [0.5, 0.6) is 5.75 Å². The summed E-state index contributed by atoms with van der Waals surface area (Å²) in [5.74, 6) is -0.498. The van der Waals surface area contributed by atoms with Crippen LogP contribution < -0.4 is 14.4 Å². The maximum atomic E-state index is 14.0. The monoisotopic (exact) mass is 565 g/mol. The van der Waals surface area contributed by atoms with Gasteiger partial charge in [-0.3, -0.25) is 13.9 Å². The minimum absolute atomic E-state index is 0.0485. The molecule has 0 fully saturated rings. The molecule has 9 heteroatoms. The Morgan fingerprint density at radius 1 is 0.950 bits per heavy atom. The molecule has 3 aromatic carbocycles. The van der Waals surface area contributed by atoms with Crippen molar-refractivity contribution in [2.75, 3.05) is 24.5 Å². The summed E-state index contributed by atoms with van der Waals surface area (Å²) in [4.78, 5) is 28.6. The highest BCUT2D eigenvalue weighted by Crippen LogP contribution is 2.32. The van der Waals surface area contributed by atoms with Gasteiger partial charge in [0.25, 0.3) is 10.0 Å². The summed E-state index contributed by atoms with van der Waals surface area (Å²) in [7, 11) is -2.72. The predicted octanol–water partition coefficient (Wildman–Crippen LogP) is 4.84. The first kappa shape index (κ1) is 30.7. The Balaban J connectivity index is 2.04. The Morgan fingerprint density at radius 2 is 1.65 bits per heavy atom. The van der Waals surface area contributed by atoms with Gasteiger partial charge < -0.3 is 15.0 Å². The molecule has 1 N–H and O–H groups in total. The molecule has 1 unspecified atom stereocenters. The molecule has 0 spiro atoms. The molecule has 214 valence electrons. The third-order valence-corrected chi connectivity index (χ3v) is 8.45.